The number of amides is 2. The molecule has 2 rings (SSSR count). The highest BCUT2D eigenvalue weighted by atomic mass is 32.2. The quantitative estimate of drug-likeness (QED) is 0.470. The van der Waals surface area contributed by atoms with Gasteiger partial charge in [0.15, 0.2) is 11.6 Å². The van der Waals surface area contributed by atoms with E-state index < -0.39 is 33.9 Å². The van der Waals surface area contributed by atoms with Gasteiger partial charge in [-0.15, -0.1) is 0 Å². The van der Waals surface area contributed by atoms with Gasteiger partial charge in [0.05, 0.1) is 12.3 Å². The number of carbonyl (C=O) groups is 1. The molecule has 1 aromatic rings. The Bertz CT molecular complexity index is 743. The van der Waals surface area contributed by atoms with Gasteiger partial charge >= 0.3 is 6.03 Å². The Morgan fingerprint density at radius 3 is 2.73 bits per heavy atom. The number of unbranched alkanes of at least 4 members (excludes halogenated alkanes) is 2. The van der Waals surface area contributed by atoms with Gasteiger partial charge in [-0.2, -0.15) is 0 Å². The van der Waals surface area contributed by atoms with Crippen LogP contribution in [0.5, 0.6) is 5.75 Å². The average Bonchev–Trinajstić information content (AvgIpc) is 2.86. The second-order valence-electron chi connectivity index (χ2n) is 6.34. The van der Waals surface area contributed by atoms with Crippen molar-refractivity contribution in [2.75, 3.05) is 18.8 Å². The van der Waals surface area contributed by atoms with Crippen molar-refractivity contribution < 1.29 is 27.8 Å². The van der Waals surface area contributed by atoms with Crippen LogP contribution in [0, 0.1) is 5.82 Å². The van der Waals surface area contributed by atoms with Crippen LogP contribution < -0.4 is 10.0 Å². The van der Waals surface area contributed by atoms with Crippen molar-refractivity contribution in [1.82, 2.24) is 14.9 Å². The molecule has 2 amide bonds. The van der Waals surface area contributed by atoms with Gasteiger partial charge in [0.2, 0.25) is 10.0 Å². The Balaban J connectivity index is 1.72. The fourth-order valence-corrected chi connectivity index (χ4v) is 4.11. The number of phenolic OH excluding ortho intramolecular Hbond substituents is 1. The lowest BCUT2D eigenvalue weighted by atomic mass is 10.1. The van der Waals surface area contributed by atoms with E-state index >= 15 is 0 Å². The number of urea groups is 1. The van der Waals surface area contributed by atoms with Crippen molar-refractivity contribution in [3.8, 4) is 5.75 Å². The lowest BCUT2D eigenvalue weighted by molar-refractivity contribution is 0.160. The van der Waals surface area contributed by atoms with Crippen molar-refractivity contribution in [3.63, 3.8) is 0 Å². The number of sulfonamides is 1. The Morgan fingerprint density at radius 1 is 1.38 bits per heavy atom. The molecule has 1 aliphatic heterocycles. The Hall–Kier alpha value is -1.91. The lowest BCUT2D eigenvalue weighted by Crippen LogP contribution is -2.30. The molecule has 1 heterocycles. The van der Waals surface area contributed by atoms with Crippen LogP contribution in [0.25, 0.3) is 0 Å². The van der Waals surface area contributed by atoms with Gasteiger partial charge in [0.1, 0.15) is 6.23 Å². The second kappa shape index (κ2) is 8.65. The van der Waals surface area contributed by atoms with Gasteiger partial charge in [-0.3, -0.25) is 0 Å². The minimum Gasteiger partial charge on any atom is -0.505 e. The van der Waals surface area contributed by atoms with Gasteiger partial charge in [-0.1, -0.05) is 12.5 Å². The minimum atomic E-state index is -3.53. The molecule has 0 aliphatic carbocycles. The SMILES string of the molecule is C[C@@H](NS(=O)(=O)CCCCCN1CC(O)NC1=O)c1ccc(F)c(O)c1. The van der Waals surface area contributed by atoms with E-state index in [2.05, 4.69) is 10.0 Å². The summed E-state index contributed by atoms with van der Waals surface area (Å²) < 4.78 is 39.8. The summed E-state index contributed by atoms with van der Waals surface area (Å²) in [4.78, 5) is 12.9. The summed E-state index contributed by atoms with van der Waals surface area (Å²) in [7, 11) is -3.53. The summed E-state index contributed by atoms with van der Waals surface area (Å²) in [5.74, 6) is -1.35. The van der Waals surface area contributed by atoms with E-state index in [0.717, 1.165) is 6.07 Å². The molecule has 8 nitrogen and oxygen atoms in total. The molecule has 0 saturated carbocycles. The standard InChI is InChI=1S/C16H24FN3O5S/c1-11(12-5-6-13(17)14(21)9-12)19-26(24,25)8-4-2-3-7-20-10-15(22)18-16(20)23/h5-6,9,11,15,19,21-22H,2-4,7-8,10H2,1H3,(H,18,23)/t11-,15?/m1/s1. The second-order valence-corrected chi connectivity index (χ2v) is 8.21. The largest absolute Gasteiger partial charge is 0.505 e. The first-order valence-electron chi connectivity index (χ1n) is 8.40. The topological polar surface area (TPSA) is 119 Å². The molecule has 146 valence electrons. The van der Waals surface area contributed by atoms with Gasteiger partial charge in [0, 0.05) is 12.6 Å². The van der Waals surface area contributed by atoms with Gasteiger partial charge < -0.3 is 20.4 Å². The van der Waals surface area contributed by atoms with E-state index in [-0.39, 0.29) is 18.3 Å². The van der Waals surface area contributed by atoms with E-state index in [4.69, 9.17) is 0 Å². The number of halogens is 1. The number of β-amino-alcohol motifs (C(OH)–C–C–N with tert-alkyl or cyclic N) is 1. The van der Waals surface area contributed by atoms with Crippen LogP contribution in [-0.4, -0.2) is 54.6 Å². The van der Waals surface area contributed by atoms with E-state index in [0.29, 0.717) is 31.4 Å². The molecular weight excluding hydrogens is 365 g/mol. The van der Waals surface area contributed by atoms with Crippen LogP contribution in [0.15, 0.2) is 18.2 Å². The zero-order valence-corrected chi connectivity index (χ0v) is 15.3. The maximum absolute atomic E-state index is 13.1. The number of hydrogen-bond acceptors (Lipinski definition) is 5. The normalized spacial score (nSPS) is 18.8. The summed E-state index contributed by atoms with van der Waals surface area (Å²) in [6, 6.07) is 2.78. The first kappa shape index (κ1) is 20.4. The first-order valence-corrected chi connectivity index (χ1v) is 10.0. The van der Waals surface area contributed by atoms with E-state index in [1.165, 1.54) is 17.0 Å². The molecular formula is C16H24FN3O5S. The number of nitrogens with one attached hydrogen (secondary N) is 2. The molecule has 0 radical (unpaired) electrons. The minimum absolute atomic E-state index is 0.0701. The van der Waals surface area contributed by atoms with Gasteiger partial charge in [-0.25, -0.2) is 22.3 Å². The van der Waals surface area contributed by atoms with Crippen LogP contribution in [0.2, 0.25) is 0 Å². The summed E-state index contributed by atoms with van der Waals surface area (Å²) in [5, 5.41) is 21.0. The number of aliphatic hydroxyl groups is 1. The fourth-order valence-electron chi connectivity index (χ4n) is 2.73. The zero-order valence-electron chi connectivity index (χ0n) is 14.5. The number of phenols is 1. The summed E-state index contributed by atoms with van der Waals surface area (Å²) >= 11 is 0. The molecule has 1 fully saturated rings. The highest BCUT2D eigenvalue weighted by Crippen LogP contribution is 2.22. The number of aliphatic hydroxyl groups excluding tert-OH is 1. The van der Waals surface area contributed by atoms with E-state index in [1.807, 2.05) is 0 Å². The molecule has 1 saturated heterocycles. The third-order valence-electron chi connectivity index (χ3n) is 4.14. The molecule has 1 aliphatic rings. The van der Waals surface area contributed by atoms with Crippen molar-refractivity contribution in [1.29, 1.82) is 0 Å². The highest BCUT2D eigenvalue weighted by molar-refractivity contribution is 7.89. The van der Waals surface area contributed by atoms with Crippen LogP contribution in [0.4, 0.5) is 9.18 Å². The van der Waals surface area contributed by atoms with Crippen LogP contribution in [0.1, 0.15) is 37.8 Å². The zero-order chi connectivity index (χ0) is 19.3. The van der Waals surface area contributed by atoms with Crippen molar-refractivity contribution in [3.05, 3.63) is 29.6 Å². The summed E-state index contributed by atoms with van der Waals surface area (Å²) in [5.41, 5.74) is 0.464. The van der Waals surface area contributed by atoms with Gasteiger partial charge in [0.25, 0.3) is 0 Å². The van der Waals surface area contributed by atoms with Crippen molar-refractivity contribution >= 4 is 16.1 Å². The third-order valence-corrected chi connectivity index (χ3v) is 5.68. The fraction of sp³-hybridized carbons (Fsp3) is 0.562. The smallest absolute Gasteiger partial charge is 0.319 e. The average molecular weight is 389 g/mol. The van der Waals surface area contributed by atoms with E-state index in [9.17, 15) is 27.8 Å². The highest BCUT2D eigenvalue weighted by Gasteiger charge is 2.26. The molecule has 10 heteroatoms. The van der Waals surface area contributed by atoms with Crippen LogP contribution >= 0.6 is 0 Å². The van der Waals surface area contributed by atoms with Gasteiger partial charge in [-0.05, 0) is 37.5 Å². The van der Waals surface area contributed by atoms with Crippen LogP contribution in [0.3, 0.4) is 0 Å². The number of aromatic hydroxyl groups is 1. The lowest BCUT2D eigenvalue weighted by Gasteiger charge is -2.16. The summed E-state index contributed by atoms with van der Waals surface area (Å²) in [6.07, 6.45) is 0.831. The van der Waals surface area contributed by atoms with Crippen LogP contribution in [-0.2, 0) is 10.0 Å². The predicted octanol–water partition coefficient (Wildman–Crippen LogP) is 1.03. The Morgan fingerprint density at radius 2 is 2.12 bits per heavy atom. The number of hydrogen-bond donors (Lipinski definition) is 4. The molecule has 0 bridgehead atoms. The van der Waals surface area contributed by atoms with Crippen molar-refractivity contribution in [2.24, 2.45) is 0 Å². The number of benzene rings is 1. The molecule has 1 unspecified atom stereocenters. The molecule has 1 aromatic carbocycles. The maximum Gasteiger partial charge on any atom is 0.319 e. The number of carbonyl (C=O) groups excluding carboxylic acids is 1. The predicted molar refractivity (Wildman–Crippen MR) is 93.4 cm³/mol. The monoisotopic (exact) mass is 389 g/mol. The third kappa shape index (κ3) is 5.82. The number of nitrogens with zero attached hydrogens (tertiary/aromatic N) is 1. The number of rotatable bonds is 9. The molecule has 0 aromatic heterocycles. The Kier molecular flexibility index (Phi) is 6.79. The molecule has 2 atom stereocenters. The van der Waals surface area contributed by atoms with Crippen molar-refractivity contribution in [2.45, 2.75) is 38.5 Å². The first-order chi connectivity index (χ1) is 12.2. The molecule has 26 heavy (non-hydrogen) atoms. The maximum atomic E-state index is 13.1. The van der Waals surface area contributed by atoms with E-state index in [1.54, 1.807) is 6.92 Å². The Labute approximate surface area is 152 Å². The summed E-state index contributed by atoms with van der Waals surface area (Å²) in [6.45, 7) is 2.31. The molecule has 4 N–H and O–H groups in total. The molecule has 0 spiro atoms.